The van der Waals surface area contributed by atoms with Crippen molar-refractivity contribution >= 4 is 46.3 Å². The monoisotopic (exact) mass is 595 g/mol. The number of hydrogen-bond acceptors (Lipinski definition) is 6. The summed E-state index contributed by atoms with van der Waals surface area (Å²) in [6.07, 6.45) is 3.80. The van der Waals surface area contributed by atoms with Crippen molar-refractivity contribution in [2.24, 2.45) is 0 Å². The summed E-state index contributed by atoms with van der Waals surface area (Å²) in [5.41, 5.74) is 4.22. The minimum atomic E-state index is -0.929. The first-order chi connectivity index (χ1) is 20.9. The molecule has 43 heavy (non-hydrogen) atoms. The number of pyridine rings is 1. The van der Waals surface area contributed by atoms with Crippen molar-refractivity contribution in [3.8, 4) is 10.4 Å². The van der Waals surface area contributed by atoms with Crippen LogP contribution in [-0.4, -0.2) is 54.6 Å². The van der Waals surface area contributed by atoms with Gasteiger partial charge in [-0.2, -0.15) is 0 Å². The summed E-state index contributed by atoms with van der Waals surface area (Å²) in [5.74, 6) is -0.0443. The number of anilines is 3. The van der Waals surface area contributed by atoms with E-state index in [1.165, 1.54) is 11.3 Å². The highest BCUT2D eigenvalue weighted by Gasteiger charge is 2.30. The summed E-state index contributed by atoms with van der Waals surface area (Å²) in [4.78, 5) is 49.3. The van der Waals surface area contributed by atoms with Gasteiger partial charge < -0.3 is 20.4 Å². The average molecular weight is 596 g/mol. The van der Waals surface area contributed by atoms with Gasteiger partial charge in [0.25, 0.3) is 17.7 Å². The lowest BCUT2D eigenvalue weighted by atomic mass is 10.1. The number of rotatable bonds is 6. The maximum Gasteiger partial charge on any atom is 0.261 e. The number of fused-ring (bicyclic) bond motifs is 3. The number of carbonyl (C=O) groups is 3. The van der Waals surface area contributed by atoms with E-state index in [-0.39, 0.29) is 24.3 Å². The number of benzene rings is 2. The fraction of sp³-hybridized carbons (Fsp3) is 0.273. The van der Waals surface area contributed by atoms with Crippen LogP contribution in [0.4, 0.5) is 21.6 Å². The minimum absolute atomic E-state index is 0.0256. The van der Waals surface area contributed by atoms with E-state index in [9.17, 15) is 18.8 Å². The third-order valence-corrected chi connectivity index (χ3v) is 9.30. The molecule has 2 N–H and O–H groups in total. The van der Waals surface area contributed by atoms with Crippen molar-refractivity contribution in [3.05, 3.63) is 94.5 Å². The predicted molar refractivity (Wildman–Crippen MR) is 166 cm³/mol. The molecule has 4 aromatic rings. The van der Waals surface area contributed by atoms with Gasteiger partial charge in [-0.05, 0) is 79.8 Å². The molecule has 4 heterocycles. The van der Waals surface area contributed by atoms with Crippen LogP contribution in [0, 0.1) is 0 Å². The summed E-state index contributed by atoms with van der Waals surface area (Å²) in [7, 11) is 0. The van der Waals surface area contributed by atoms with E-state index < -0.39 is 6.17 Å². The fourth-order valence-electron chi connectivity index (χ4n) is 5.69. The van der Waals surface area contributed by atoms with Gasteiger partial charge in [-0.1, -0.05) is 18.2 Å². The van der Waals surface area contributed by atoms with Crippen LogP contribution in [0.2, 0.25) is 0 Å². The average Bonchev–Trinajstić information content (AvgIpc) is 3.61. The van der Waals surface area contributed by atoms with E-state index in [0.29, 0.717) is 59.5 Å². The maximum atomic E-state index is 13.8. The quantitative estimate of drug-likeness (QED) is 0.298. The Morgan fingerprint density at radius 2 is 1.74 bits per heavy atom. The van der Waals surface area contributed by atoms with Gasteiger partial charge in [0.15, 0.2) is 0 Å². The molecule has 10 heteroatoms. The fourth-order valence-corrected chi connectivity index (χ4v) is 6.84. The Kier molecular flexibility index (Phi) is 7.14. The van der Waals surface area contributed by atoms with Crippen LogP contribution < -0.4 is 20.4 Å². The molecule has 3 amide bonds. The first-order valence-corrected chi connectivity index (χ1v) is 15.4. The van der Waals surface area contributed by atoms with E-state index in [4.69, 9.17) is 0 Å². The van der Waals surface area contributed by atoms with Gasteiger partial charge in [-0.25, -0.2) is 9.37 Å². The van der Waals surface area contributed by atoms with Crippen molar-refractivity contribution in [1.29, 1.82) is 0 Å². The number of para-hydroxylation sites is 1. The molecule has 0 bridgehead atoms. The smallest absolute Gasteiger partial charge is 0.261 e. The van der Waals surface area contributed by atoms with Crippen LogP contribution in [0.3, 0.4) is 0 Å². The van der Waals surface area contributed by atoms with Crippen molar-refractivity contribution in [2.75, 3.05) is 34.8 Å². The van der Waals surface area contributed by atoms with Crippen LogP contribution in [0.5, 0.6) is 0 Å². The zero-order valence-electron chi connectivity index (χ0n) is 23.4. The Labute approximate surface area is 252 Å². The number of amides is 3. The highest BCUT2D eigenvalue weighted by Crippen LogP contribution is 2.42. The number of nitrogens with one attached hydrogen (secondary N) is 2. The molecule has 2 aromatic heterocycles. The summed E-state index contributed by atoms with van der Waals surface area (Å²) in [6.45, 7) is 1.21. The molecule has 2 aliphatic heterocycles. The van der Waals surface area contributed by atoms with Crippen molar-refractivity contribution < 1.29 is 18.8 Å². The van der Waals surface area contributed by atoms with E-state index in [1.807, 2.05) is 30.3 Å². The lowest BCUT2D eigenvalue weighted by Gasteiger charge is -2.23. The van der Waals surface area contributed by atoms with Gasteiger partial charge in [-0.15, -0.1) is 11.3 Å². The Hall–Kier alpha value is -4.57. The topological polar surface area (TPSA) is 94.6 Å². The van der Waals surface area contributed by atoms with Gasteiger partial charge in [0.05, 0.1) is 22.7 Å². The van der Waals surface area contributed by atoms with Crippen LogP contribution in [-0.2, 0) is 6.42 Å². The first kappa shape index (κ1) is 27.3. The third-order valence-electron chi connectivity index (χ3n) is 8.09. The van der Waals surface area contributed by atoms with E-state index in [2.05, 4.69) is 15.6 Å². The molecule has 1 saturated heterocycles. The molecule has 1 atom stereocenters. The Morgan fingerprint density at radius 1 is 0.930 bits per heavy atom. The number of aromatic nitrogens is 1. The molecule has 0 radical (unpaired) electrons. The second-order valence-electron chi connectivity index (χ2n) is 11.2. The second-order valence-corrected chi connectivity index (χ2v) is 12.2. The molecule has 2 aromatic carbocycles. The summed E-state index contributed by atoms with van der Waals surface area (Å²) in [6, 6.07) is 20.3. The van der Waals surface area contributed by atoms with Crippen LogP contribution in [0.15, 0.2) is 72.9 Å². The molecular weight excluding hydrogens is 565 g/mol. The molecule has 0 unspecified atom stereocenters. The molecule has 0 spiro atoms. The van der Waals surface area contributed by atoms with Crippen LogP contribution in [0.1, 0.15) is 55.2 Å². The van der Waals surface area contributed by atoms with Gasteiger partial charge in [0.1, 0.15) is 12.0 Å². The molecular formula is C33H30FN5O3S. The molecule has 8 nitrogen and oxygen atoms in total. The highest BCUT2D eigenvalue weighted by atomic mass is 32.1. The van der Waals surface area contributed by atoms with Crippen molar-refractivity contribution in [2.45, 2.75) is 37.9 Å². The standard InChI is InChI=1S/C33H30FN5O3S/c34-22-14-16-38(19-22)30-26(5-3-15-35-30)31(40)36-23-9-7-20(8-10-23)33(42)39-17-13-21-18-28(32(41)37-24-11-12-24)43-29(21)25-4-1-2-6-27(25)39/h1-10,15,18,22,24H,11-14,16-17,19H2,(H,36,40)(H,37,41)/t22-/m0/s1. The Bertz CT molecular complexity index is 1720. The number of alkyl halides is 1. The first-order valence-electron chi connectivity index (χ1n) is 14.5. The number of hydrogen-bond donors (Lipinski definition) is 2. The largest absolute Gasteiger partial charge is 0.353 e. The normalized spacial score (nSPS) is 17.6. The van der Waals surface area contributed by atoms with Crippen LogP contribution in [0.25, 0.3) is 10.4 Å². The Morgan fingerprint density at radius 3 is 2.51 bits per heavy atom. The summed E-state index contributed by atoms with van der Waals surface area (Å²) < 4.78 is 13.8. The van der Waals surface area contributed by atoms with E-state index >= 15 is 0 Å². The van der Waals surface area contributed by atoms with Gasteiger partial charge in [-0.3, -0.25) is 14.4 Å². The maximum absolute atomic E-state index is 13.8. The predicted octanol–water partition coefficient (Wildman–Crippen LogP) is 5.71. The number of thiophene rings is 1. The molecule has 3 aliphatic rings. The second kappa shape index (κ2) is 11.3. The SMILES string of the molecule is O=C(NC1CC1)c1cc2c(s1)-c1ccccc1N(C(=O)c1ccc(NC(=O)c3cccnc3N3CC[C@H](F)C3)cc1)CC2. The Balaban J connectivity index is 1.08. The van der Waals surface area contributed by atoms with Crippen LogP contribution >= 0.6 is 11.3 Å². The molecule has 1 saturated carbocycles. The van der Waals surface area contributed by atoms with Gasteiger partial charge in [0, 0.05) is 47.0 Å². The molecule has 2 fully saturated rings. The molecule has 1 aliphatic carbocycles. The molecule has 218 valence electrons. The summed E-state index contributed by atoms with van der Waals surface area (Å²) in [5, 5.41) is 5.96. The minimum Gasteiger partial charge on any atom is -0.353 e. The number of halogens is 1. The zero-order valence-corrected chi connectivity index (χ0v) is 24.2. The van der Waals surface area contributed by atoms with E-state index in [0.717, 1.165) is 34.5 Å². The van der Waals surface area contributed by atoms with Gasteiger partial charge >= 0.3 is 0 Å². The lowest BCUT2D eigenvalue weighted by molar-refractivity contribution is 0.0952. The van der Waals surface area contributed by atoms with Crippen molar-refractivity contribution in [1.82, 2.24) is 10.3 Å². The van der Waals surface area contributed by atoms with Crippen molar-refractivity contribution in [3.63, 3.8) is 0 Å². The number of nitrogens with zero attached hydrogens (tertiary/aromatic N) is 3. The highest BCUT2D eigenvalue weighted by molar-refractivity contribution is 7.17. The zero-order chi connectivity index (χ0) is 29.5. The lowest BCUT2D eigenvalue weighted by Crippen LogP contribution is -2.32. The molecule has 7 rings (SSSR count). The van der Waals surface area contributed by atoms with Gasteiger partial charge in [0.2, 0.25) is 0 Å². The summed E-state index contributed by atoms with van der Waals surface area (Å²) >= 11 is 1.48. The third kappa shape index (κ3) is 5.50. The van der Waals surface area contributed by atoms with E-state index in [1.54, 1.807) is 52.4 Å². The number of carbonyl (C=O) groups excluding carboxylic acids is 3.